The highest BCUT2D eigenvalue weighted by atomic mass is 19.4. The van der Waals surface area contributed by atoms with Crippen LogP contribution in [0.2, 0.25) is 0 Å². The van der Waals surface area contributed by atoms with E-state index in [1.165, 1.54) is 11.9 Å². The molecule has 0 aliphatic rings. The predicted octanol–water partition coefficient (Wildman–Crippen LogP) is 3.28. The van der Waals surface area contributed by atoms with Gasteiger partial charge in [-0.25, -0.2) is 0 Å². The van der Waals surface area contributed by atoms with Gasteiger partial charge in [-0.05, 0) is 39.7 Å². The molecule has 1 atom stereocenters. The summed E-state index contributed by atoms with van der Waals surface area (Å²) in [6.07, 6.45) is -3.28. The van der Waals surface area contributed by atoms with Gasteiger partial charge in [0, 0.05) is 18.6 Å². The van der Waals surface area contributed by atoms with E-state index in [1.54, 1.807) is 0 Å². The monoisotopic (exact) mass is 268 g/mol. The predicted molar refractivity (Wildman–Crippen MR) is 69.7 cm³/mol. The van der Waals surface area contributed by atoms with Gasteiger partial charge in [-0.2, -0.15) is 13.2 Å². The zero-order valence-electron chi connectivity index (χ0n) is 12.4. The lowest BCUT2D eigenvalue weighted by atomic mass is 9.86. The first-order chi connectivity index (χ1) is 7.87. The molecule has 1 unspecified atom stereocenters. The molecule has 0 aromatic rings. The van der Waals surface area contributed by atoms with Crippen LogP contribution in [0.5, 0.6) is 0 Å². The lowest BCUT2D eigenvalue weighted by Crippen LogP contribution is -2.47. The van der Waals surface area contributed by atoms with Gasteiger partial charge in [0.1, 0.15) is 0 Å². The maximum Gasteiger partial charge on any atom is 0.401 e. The Balaban J connectivity index is 4.38. The molecule has 0 heterocycles. The highest BCUT2D eigenvalue weighted by Gasteiger charge is 2.32. The van der Waals surface area contributed by atoms with Crippen LogP contribution in [0.3, 0.4) is 0 Å². The van der Waals surface area contributed by atoms with Gasteiger partial charge in [-0.1, -0.05) is 13.8 Å². The van der Waals surface area contributed by atoms with Crippen LogP contribution in [0.1, 0.15) is 41.0 Å². The van der Waals surface area contributed by atoms with Crippen molar-refractivity contribution >= 4 is 0 Å². The van der Waals surface area contributed by atoms with Crippen LogP contribution in [-0.4, -0.2) is 43.3 Å². The molecule has 110 valence electrons. The van der Waals surface area contributed by atoms with Gasteiger partial charge in [-0.15, -0.1) is 0 Å². The van der Waals surface area contributed by atoms with Crippen molar-refractivity contribution in [1.29, 1.82) is 0 Å². The highest BCUT2D eigenvalue weighted by Crippen LogP contribution is 2.24. The molecular weight excluding hydrogens is 241 g/mol. The number of alkyl halides is 3. The molecule has 1 N–H and O–H groups in total. The Bertz CT molecular complexity index is 246. The first-order valence-corrected chi connectivity index (χ1v) is 6.37. The topological polar surface area (TPSA) is 15.3 Å². The molecule has 2 nitrogen and oxygen atoms in total. The van der Waals surface area contributed by atoms with Gasteiger partial charge >= 0.3 is 6.18 Å². The fourth-order valence-corrected chi connectivity index (χ4v) is 1.78. The molecule has 0 rings (SSSR count). The van der Waals surface area contributed by atoms with E-state index in [1.807, 2.05) is 13.8 Å². The van der Waals surface area contributed by atoms with Crippen molar-refractivity contribution < 1.29 is 13.2 Å². The standard InChI is InChI=1S/C13H27F3N2/c1-7-12(5,8-17-11(2,3)4)9-18(6)10-13(14,15)16/h17H,7-10H2,1-6H3. The Hall–Kier alpha value is -0.290. The molecule has 0 aromatic carbocycles. The van der Waals surface area contributed by atoms with Crippen molar-refractivity contribution in [2.75, 3.05) is 26.7 Å². The van der Waals surface area contributed by atoms with Gasteiger partial charge in [0.15, 0.2) is 0 Å². The highest BCUT2D eigenvalue weighted by molar-refractivity contribution is 4.83. The first-order valence-electron chi connectivity index (χ1n) is 6.37. The lowest BCUT2D eigenvalue weighted by molar-refractivity contribution is -0.145. The van der Waals surface area contributed by atoms with Crippen LogP contribution in [0.25, 0.3) is 0 Å². The van der Waals surface area contributed by atoms with Crippen LogP contribution >= 0.6 is 0 Å². The molecule has 0 spiro atoms. The third-order valence-electron chi connectivity index (χ3n) is 3.00. The summed E-state index contributed by atoms with van der Waals surface area (Å²) >= 11 is 0. The summed E-state index contributed by atoms with van der Waals surface area (Å²) in [5.41, 5.74) is -0.160. The average Bonchev–Trinajstić information content (AvgIpc) is 2.10. The molecule has 0 aliphatic carbocycles. The van der Waals surface area contributed by atoms with Crippen molar-refractivity contribution in [1.82, 2.24) is 10.2 Å². The molecular formula is C13H27F3N2. The van der Waals surface area contributed by atoms with E-state index in [0.29, 0.717) is 6.54 Å². The van der Waals surface area contributed by atoms with E-state index in [4.69, 9.17) is 0 Å². The molecule has 0 fully saturated rings. The third-order valence-corrected chi connectivity index (χ3v) is 3.00. The number of nitrogens with zero attached hydrogens (tertiary/aromatic N) is 1. The fraction of sp³-hybridized carbons (Fsp3) is 1.00. The molecule has 0 aliphatic heterocycles. The summed E-state index contributed by atoms with van der Waals surface area (Å²) in [5.74, 6) is 0. The second-order valence-electron chi connectivity index (χ2n) is 6.56. The summed E-state index contributed by atoms with van der Waals surface area (Å²) in [6, 6.07) is 0. The van der Waals surface area contributed by atoms with Crippen LogP contribution < -0.4 is 5.32 Å². The minimum absolute atomic E-state index is 0.0149. The Labute approximate surface area is 109 Å². The second kappa shape index (κ2) is 6.24. The minimum Gasteiger partial charge on any atom is -0.311 e. The summed E-state index contributed by atoms with van der Waals surface area (Å²) in [7, 11) is 1.53. The summed E-state index contributed by atoms with van der Waals surface area (Å²) in [4.78, 5) is 1.36. The molecule has 0 bridgehead atoms. The van der Waals surface area contributed by atoms with Gasteiger partial charge in [0.2, 0.25) is 0 Å². The lowest BCUT2D eigenvalue weighted by Gasteiger charge is -2.36. The number of nitrogens with one attached hydrogen (secondary N) is 1. The smallest absolute Gasteiger partial charge is 0.311 e. The quantitative estimate of drug-likeness (QED) is 0.795. The van der Waals surface area contributed by atoms with Crippen molar-refractivity contribution in [2.45, 2.75) is 52.8 Å². The second-order valence-corrected chi connectivity index (χ2v) is 6.56. The maximum atomic E-state index is 12.3. The molecule has 0 amide bonds. The van der Waals surface area contributed by atoms with Crippen LogP contribution in [0.15, 0.2) is 0 Å². The van der Waals surface area contributed by atoms with E-state index in [2.05, 4.69) is 26.1 Å². The van der Waals surface area contributed by atoms with E-state index in [-0.39, 0.29) is 11.0 Å². The number of hydrogen-bond donors (Lipinski definition) is 1. The van der Waals surface area contributed by atoms with Crippen molar-refractivity contribution in [2.24, 2.45) is 5.41 Å². The van der Waals surface area contributed by atoms with Gasteiger partial charge in [-0.3, -0.25) is 4.90 Å². The Morgan fingerprint density at radius 2 is 1.50 bits per heavy atom. The third kappa shape index (κ3) is 8.75. The minimum atomic E-state index is -4.12. The molecule has 0 saturated heterocycles. The van der Waals surface area contributed by atoms with Crippen LogP contribution in [0, 0.1) is 5.41 Å². The average molecular weight is 268 g/mol. The van der Waals surface area contributed by atoms with Gasteiger partial charge in [0.25, 0.3) is 0 Å². The number of hydrogen-bond acceptors (Lipinski definition) is 2. The largest absolute Gasteiger partial charge is 0.401 e. The van der Waals surface area contributed by atoms with Crippen molar-refractivity contribution in [3.05, 3.63) is 0 Å². The van der Waals surface area contributed by atoms with E-state index >= 15 is 0 Å². The summed E-state index contributed by atoms with van der Waals surface area (Å²) in [6.45, 7) is 10.5. The van der Waals surface area contributed by atoms with E-state index < -0.39 is 12.7 Å². The number of rotatable bonds is 6. The normalized spacial score (nSPS) is 17.0. The first kappa shape index (κ1) is 17.7. The number of halogens is 3. The van der Waals surface area contributed by atoms with Gasteiger partial charge in [0.05, 0.1) is 6.54 Å². The van der Waals surface area contributed by atoms with E-state index in [0.717, 1.165) is 13.0 Å². The molecule has 0 radical (unpaired) electrons. The Morgan fingerprint density at radius 1 is 1.00 bits per heavy atom. The van der Waals surface area contributed by atoms with Crippen LogP contribution in [0.4, 0.5) is 13.2 Å². The molecule has 5 heteroatoms. The fourth-order valence-electron chi connectivity index (χ4n) is 1.78. The molecule has 0 aromatic heterocycles. The Kier molecular flexibility index (Phi) is 6.14. The summed E-state index contributed by atoms with van der Waals surface area (Å²) < 4.78 is 36.9. The SMILES string of the molecule is CCC(C)(CNC(C)(C)C)CN(C)CC(F)(F)F. The molecule has 18 heavy (non-hydrogen) atoms. The van der Waals surface area contributed by atoms with Crippen molar-refractivity contribution in [3.63, 3.8) is 0 Å². The van der Waals surface area contributed by atoms with Gasteiger partial charge < -0.3 is 5.32 Å². The van der Waals surface area contributed by atoms with E-state index in [9.17, 15) is 13.2 Å². The zero-order chi connectivity index (χ0) is 14.6. The molecule has 0 saturated carbocycles. The van der Waals surface area contributed by atoms with Crippen LogP contribution in [-0.2, 0) is 0 Å². The maximum absolute atomic E-state index is 12.3. The van der Waals surface area contributed by atoms with Crippen molar-refractivity contribution in [3.8, 4) is 0 Å². The zero-order valence-corrected chi connectivity index (χ0v) is 12.4. The summed E-state index contributed by atoms with van der Waals surface area (Å²) in [5, 5.41) is 3.37. The Morgan fingerprint density at radius 3 is 1.83 bits per heavy atom.